The molecule has 1 heterocycles. The van der Waals surface area contributed by atoms with Crippen LogP contribution in [0.3, 0.4) is 0 Å². The van der Waals surface area contributed by atoms with Crippen LogP contribution in [0.15, 0.2) is 54.6 Å². The van der Waals surface area contributed by atoms with Crippen molar-refractivity contribution < 1.29 is 9.59 Å². The molecule has 2 aromatic carbocycles. The van der Waals surface area contributed by atoms with Crippen molar-refractivity contribution in [3.8, 4) is 11.3 Å². The van der Waals surface area contributed by atoms with E-state index in [-0.39, 0.29) is 11.8 Å². The van der Waals surface area contributed by atoms with E-state index in [9.17, 15) is 9.59 Å². The lowest BCUT2D eigenvalue weighted by molar-refractivity contribution is -0.115. The van der Waals surface area contributed by atoms with Crippen LogP contribution in [-0.2, 0) is 4.79 Å². The van der Waals surface area contributed by atoms with Crippen LogP contribution < -0.4 is 10.6 Å². The molecule has 0 saturated carbocycles. The highest BCUT2D eigenvalue weighted by Gasteiger charge is 2.13. The van der Waals surface area contributed by atoms with Crippen molar-refractivity contribution in [3.05, 3.63) is 60.2 Å². The SMILES string of the molecule is CCCCNC(=O)c1cc(-c2ccc(NC(=O)CC)cc2)nc2ccccc12. The van der Waals surface area contributed by atoms with Gasteiger partial charge in [0.15, 0.2) is 0 Å². The minimum Gasteiger partial charge on any atom is -0.352 e. The zero-order valence-corrected chi connectivity index (χ0v) is 16.3. The number of unbranched alkanes of at least 4 members (excludes halogenated alkanes) is 1. The number of anilines is 1. The molecule has 0 unspecified atom stereocenters. The predicted octanol–water partition coefficient (Wildman–Crippen LogP) is 4.78. The fourth-order valence-corrected chi connectivity index (χ4v) is 2.96. The van der Waals surface area contributed by atoms with Crippen LogP contribution in [0.4, 0.5) is 5.69 Å². The minimum atomic E-state index is -0.0832. The van der Waals surface area contributed by atoms with Gasteiger partial charge in [-0.25, -0.2) is 4.98 Å². The molecule has 5 nitrogen and oxygen atoms in total. The Morgan fingerprint density at radius 3 is 2.46 bits per heavy atom. The number of nitrogens with zero attached hydrogens (tertiary/aromatic N) is 1. The van der Waals surface area contributed by atoms with Gasteiger partial charge in [0.2, 0.25) is 5.91 Å². The topological polar surface area (TPSA) is 71.1 Å². The first-order chi connectivity index (χ1) is 13.6. The molecule has 2 amide bonds. The molecule has 0 aliphatic rings. The fraction of sp³-hybridized carbons (Fsp3) is 0.261. The summed E-state index contributed by atoms with van der Waals surface area (Å²) < 4.78 is 0. The number of hydrogen-bond acceptors (Lipinski definition) is 3. The summed E-state index contributed by atoms with van der Waals surface area (Å²) in [6, 6.07) is 17.0. The van der Waals surface area contributed by atoms with Crippen LogP contribution in [0, 0.1) is 0 Å². The van der Waals surface area contributed by atoms with Crippen LogP contribution >= 0.6 is 0 Å². The van der Waals surface area contributed by atoms with E-state index in [4.69, 9.17) is 4.98 Å². The fourth-order valence-electron chi connectivity index (χ4n) is 2.96. The number of benzene rings is 2. The first-order valence-electron chi connectivity index (χ1n) is 9.70. The Balaban J connectivity index is 1.95. The highest BCUT2D eigenvalue weighted by Crippen LogP contribution is 2.26. The lowest BCUT2D eigenvalue weighted by atomic mass is 10.0. The predicted molar refractivity (Wildman–Crippen MR) is 113 cm³/mol. The van der Waals surface area contributed by atoms with Crippen LogP contribution in [0.25, 0.3) is 22.2 Å². The van der Waals surface area contributed by atoms with E-state index in [0.29, 0.717) is 18.5 Å². The van der Waals surface area contributed by atoms with Gasteiger partial charge in [-0.1, -0.05) is 50.6 Å². The first-order valence-corrected chi connectivity index (χ1v) is 9.70. The summed E-state index contributed by atoms with van der Waals surface area (Å²) in [6.45, 7) is 4.57. The van der Waals surface area contributed by atoms with Crippen LogP contribution in [0.1, 0.15) is 43.5 Å². The molecule has 1 aromatic heterocycles. The number of para-hydroxylation sites is 1. The molecule has 0 fully saturated rings. The van der Waals surface area contributed by atoms with Crippen molar-refractivity contribution in [3.63, 3.8) is 0 Å². The normalized spacial score (nSPS) is 10.6. The van der Waals surface area contributed by atoms with Crippen molar-refractivity contribution in [2.24, 2.45) is 0 Å². The number of carbonyl (C=O) groups is 2. The van der Waals surface area contributed by atoms with E-state index >= 15 is 0 Å². The molecule has 3 aromatic rings. The third-order valence-electron chi connectivity index (χ3n) is 4.56. The van der Waals surface area contributed by atoms with Gasteiger partial charge in [0.05, 0.1) is 16.8 Å². The van der Waals surface area contributed by atoms with Crippen molar-refractivity contribution >= 4 is 28.4 Å². The highest BCUT2D eigenvalue weighted by molar-refractivity contribution is 6.07. The van der Waals surface area contributed by atoms with Gasteiger partial charge in [0, 0.05) is 29.6 Å². The molecule has 0 radical (unpaired) electrons. The van der Waals surface area contributed by atoms with Crippen LogP contribution in [-0.4, -0.2) is 23.3 Å². The Morgan fingerprint density at radius 1 is 1.00 bits per heavy atom. The molecule has 0 bridgehead atoms. The Morgan fingerprint density at radius 2 is 1.75 bits per heavy atom. The highest BCUT2D eigenvalue weighted by atomic mass is 16.2. The summed E-state index contributed by atoms with van der Waals surface area (Å²) in [5.41, 5.74) is 3.77. The average Bonchev–Trinajstić information content (AvgIpc) is 2.73. The maximum absolute atomic E-state index is 12.7. The number of rotatable bonds is 7. The van der Waals surface area contributed by atoms with Crippen LogP contribution in [0.5, 0.6) is 0 Å². The van der Waals surface area contributed by atoms with Crippen molar-refractivity contribution in [1.29, 1.82) is 0 Å². The van der Waals surface area contributed by atoms with Gasteiger partial charge in [-0.05, 0) is 30.7 Å². The number of aromatic nitrogens is 1. The lowest BCUT2D eigenvalue weighted by Crippen LogP contribution is -2.24. The van der Waals surface area contributed by atoms with Crippen molar-refractivity contribution in [2.75, 3.05) is 11.9 Å². The minimum absolute atomic E-state index is 0.0254. The number of carbonyl (C=O) groups excluding carboxylic acids is 2. The maximum atomic E-state index is 12.7. The molecule has 2 N–H and O–H groups in total. The monoisotopic (exact) mass is 375 g/mol. The number of nitrogens with one attached hydrogen (secondary N) is 2. The van der Waals surface area contributed by atoms with Crippen LogP contribution in [0.2, 0.25) is 0 Å². The molecule has 0 spiro atoms. The Bertz CT molecular complexity index is 981. The summed E-state index contributed by atoms with van der Waals surface area (Å²) in [4.78, 5) is 29.0. The Kier molecular flexibility index (Phi) is 6.37. The van der Waals surface area contributed by atoms with E-state index in [2.05, 4.69) is 17.6 Å². The first kappa shape index (κ1) is 19.5. The van der Waals surface area contributed by atoms with E-state index < -0.39 is 0 Å². The van der Waals surface area contributed by atoms with Gasteiger partial charge in [0.1, 0.15) is 0 Å². The van der Waals surface area contributed by atoms with Gasteiger partial charge < -0.3 is 10.6 Å². The van der Waals surface area contributed by atoms with Gasteiger partial charge in [-0.3, -0.25) is 9.59 Å². The Labute approximate surface area is 165 Å². The third kappa shape index (κ3) is 4.55. The van der Waals surface area contributed by atoms with Crippen molar-refractivity contribution in [2.45, 2.75) is 33.1 Å². The zero-order chi connectivity index (χ0) is 19.9. The van der Waals surface area contributed by atoms with E-state index in [1.807, 2.05) is 61.5 Å². The van der Waals surface area contributed by atoms with E-state index in [1.165, 1.54) is 0 Å². The quantitative estimate of drug-likeness (QED) is 0.584. The number of hydrogen-bond donors (Lipinski definition) is 2. The molecule has 5 heteroatoms. The molecular weight excluding hydrogens is 350 g/mol. The van der Waals surface area contributed by atoms with Crippen molar-refractivity contribution in [1.82, 2.24) is 10.3 Å². The smallest absolute Gasteiger partial charge is 0.252 e. The van der Waals surface area contributed by atoms with E-state index in [0.717, 1.165) is 40.7 Å². The molecule has 3 rings (SSSR count). The zero-order valence-electron chi connectivity index (χ0n) is 16.3. The molecule has 0 aliphatic heterocycles. The molecule has 0 saturated heterocycles. The number of fused-ring (bicyclic) bond motifs is 1. The second-order valence-electron chi connectivity index (χ2n) is 6.66. The molecule has 0 atom stereocenters. The lowest BCUT2D eigenvalue weighted by Gasteiger charge is -2.11. The van der Waals surface area contributed by atoms with E-state index in [1.54, 1.807) is 0 Å². The summed E-state index contributed by atoms with van der Waals surface area (Å²) >= 11 is 0. The van der Waals surface area contributed by atoms with Gasteiger partial charge in [-0.15, -0.1) is 0 Å². The molecular formula is C23H25N3O2. The Hall–Kier alpha value is -3.21. The van der Waals surface area contributed by atoms with Gasteiger partial charge >= 0.3 is 0 Å². The van der Waals surface area contributed by atoms with Gasteiger partial charge in [0.25, 0.3) is 5.91 Å². The summed E-state index contributed by atoms with van der Waals surface area (Å²) in [5, 5.41) is 6.67. The third-order valence-corrected chi connectivity index (χ3v) is 4.56. The molecule has 0 aliphatic carbocycles. The second-order valence-corrected chi connectivity index (χ2v) is 6.66. The summed E-state index contributed by atoms with van der Waals surface area (Å²) in [6.07, 6.45) is 2.42. The molecule has 28 heavy (non-hydrogen) atoms. The molecule has 144 valence electrons. The number of amides is 2. The average molecular weight is 375 g/mol. The van der Waals surface area contributed by atoms with Gasteiger partial charge in [-0.2, -0.15) is 0 Å². The number of pyridine rings is 1. The standard InChI is InChI=1S/C23H25N3O2/c1-3-5-14-24-23(28)19-15-21(26-20-9-7-6-8-18(19)20)16-10-12-17(13-11-16)25-22(27)4-2/h6-13,15H,3-5,14H2,1-2H3,(H,24,28)(H,25,27). The summed E-state index contributed by atoms with van der Waals surface area (Å²) in [5.74, 6) is -0.109. The maximum Gasteiger partial charge on any atom is 0.252 e. The summed E-state index contributed by atoms with van der Waals surface area (Å²) in [7, 11) is 0. The largest absolute Gasteiger partial charge is 0.352 e. The second kappa shape index (κ2) is 9.13.